The number of rotatable bonds is 5. The van der Waals surface area contributed by atoms with Gasteiger partial charge in [-0.3, -0.25) is 0 Å². The van der Waals surface area contributed by atoms with Crippen LogP contribution in [0.1, 0.15) is 20.8 Å². The van der Waals surface area contributed by atoms with E-state index in [1.54, 1.807) is 6.92 Å². The lowest BCUT2D eigenvalue weighted by atomic mass is 10.3. The van der Waals surface area contributed by atoms with Crippen molar-refractivity contribution in [3.05, 3.63) is 0 Å². The maximum absolute atomic E-state index is 12.3. The van der Waals surface area contributed by atoms with E-state index in [0.717, 1.165) is 0 Å². The van der Waals surface area contributed by atoms with E-state index in [1.807, 2.05) is 13.8 Å². The zero-order chi connectivity index (χ0) is 13.1. The summed E-state index contributed by atoms with van der Waals surface area (Å²) >= 11 is 0. The zero-order valence-corrected chi connectivity index (χ0v) is 11.5. The smallest absolute Gasteiger partial charge is 0.282 e. The van der Waals surface area contributed by atoms with Gasteiger partial charge in [0, 0.05) is 26.2 Å². The molecule has 0 aliphatic carbocycles. The highest BCUT2D eigenvalue weighted by atomic mass is 32.2. The van der Waals surface area contributed by atoms with E-state index in [4.69, 9.17) is 9.84 Å². The Kier molecular flexibility index (Phi) is 5.33. The van der Waals surface area contributed by atoms with Gasteiger partial charge in [-0.05, 0) is 13.8 Å². The van der Waals surface area contributed by atoms with E-state index in [1.165, 1.54) is 8.61 Å². The fourth-order valence-electron chi connectivity index (χ4n) is 2.03. The lowest BCUT2D eigenvalue weighted by Gasteiger charge is -2.37. The lowest BCUT2D eigenvalue weighted by Crippen LogP contribution is -2.53. The second-order valence-corrected chi connectivity index (χ2v) is 6.23. The molecule has 0 aromatic heterocycles. The van der Waals surface area contributed by atoms with E-state index in [-0.39, 0.29) is 25.4 Å². The van der Waals surface area contributed by atoms with Crippen LogP contribution in [0.25, 0.3) is 0 Å². The molecule has 1 aliphatic heterocycles. The molecule has 2 atom stereocenters. The van der Waals surface area contributed by atoms with E-state index in [0.29, 0.717) is 19.6 Å². The maximum atomic E-state index is 12.3. The molecule has 1 saturated heterocycles. The molecule has 0 saturated carbocycles. The number of hydrogen-bond acceptors (Lipinski definition) is 4. The summed E-state index contributed by atoms with van der Waals surface area (Å²) in [6.07, 6.45) is -0.192. The monoisotopic (exact) mass is 266 g/mol. The molecule has 1 heterocycles. The van der Waals surface area contributed by atoms with Crippen molar-refractivity contribution in [2.24, 2.45) is 0 Å². The number of nitrogens with zero attached hydrogens (tertiary/aromatic N) is 2. The first-order chi connectivity index (χ1) is 7.91. The molecule has 0 spiro atoms. The number of morpholine rings is 1. The number of hydrogen-bond donors (Lipinski definition) is 1. The Bertz CT molecular complexity index is 323. The van der Waals surface area contributed by atoms with Crippen molar-refractivity contribution >= 4 is 10.2 Å². The van der Waals surface area contributed by atoms with E-state index in [2.05, 4.69) is 0 Å². The number of likely N-dealkylation sites (N-methyl/N-ethyl adjacent to an activating group) is 1. The van der Waals surface area contributed by atoms with Crippen LogP contribution >= 0.6 is 0 Å². The molecule has 1 fully saturated rings. The molecule has 7 heteroatoms. The Morgan fingerprint density at radius 2 is 1.88 bits per heavy atom. The quantitative estimate of drug-likeness (QED) is 0.739. The van der Waals surface area contributed by atoms with Crippen LogP contribution in [0.15, 0.2) is 0 Å². The Morgan fingerprint density at radius 3 is 2.29 bits per heavy atom. The molecule has 1 aliphatic rings. The van der Waals surface area contributed by atoms with Crippen LogP contribution in [0.4, 0.5) is 0 Å². The van der Waals surface area contributed by atoms with Gasteiger partial charge in [0.1, 0.15) is 0 Å². The fraction of sp³-hybridized carbons (Fsp3) is 1.00. The van der Waals surface area contributed by atoms with Crippen molar-refractivity contribution in [1.29, 1.82) is 0 Å². The molecule has 6 nitrogen and oxygen atoms in total. The minimum atomic E-state index is -3.48. The minimum absolute atomic E-state index is 0.0960. The molecule has 0 bridgehead atoms. The Balaban J connectivity index is 2.81. The van der Waals surface area contributed by atoms with Crippen LogP contribution in [0, 0.1) is 0 Å². The van der Waals surface area contributed by atoms with Gasteiger partial charge in [0.05, 0.1) is 18.8 Å². The normalized spacial score (nSPS) is 27.6. The predicted octanol–water partition coefficient (Wildman–Crippen LogP) is -0.345. The minimum Gasteiger partial charge on any atom is -0.395 e. The van der Waals surface area contributed by atoms with Crippen LogP contribution in [0.2, 0.25) is 0 Å². The van der Waals surface area contributed by atoms with Crippen LogP contribution in [-0.2, 0) is 14.9 Å². The summed E-state index contributed by atoms with van der Waals surface area (Å²) in [5, 5.41) is 8.88. The molecular formula is C10H22N2O4S. The van der Waals surface area contributed by atoms with E-state index in [9.17, 15) is 8.42 Å². The molecule has 1 N–H and O–H groups in total. The zero-order valence-electron chi connectivity index (χ0n) is 10.7. The summed E-state index contributed by atoms with van der Waals surface area (Å²) in [4.78, 5) is 0. The first-order valence-corrected chi connectivity index (χ1v) is 7.33. The molecular weight excluding hydrogens is 244 g/mol. The molecule has 2 unspecified atom stereocenters. The molecule has 0 amide bonds. The van der Waals surface area contributed by atoms with Crippen molar-refractivity contribution < 1.29 is 18.3 Å². The topological polar surface area (TPSA) is 70.1 Å². The second kappa shape index (κ2) is 6.10. The van der Waals surface area contributed by atoms with Gasteiger partial charge in [0.25, 0.3) is 10.2 Å². The predicted molar refractivity (Wildman–Crippen MR) is 64.8 cm³/mol. The summed E-state index contributed by atoms with van der Waals surface area (Å²) in [5.41, 5.74) is 0. The summed E-state index contributed by atoms with van der Waals surface area (Å²) in [5.74, 6) is 0. The van der Waals surface area contributed by atoms with Crippen molar-refractivity contribution in [2.45, 2.75) is 33.0 Å². The van der Waals surface area contributed by atoms with Gasteiger partial charge in [-0.25, -0.2) is 0 Å². The Hall–Kier alpha value is -0.210. The third-order valence-corrected chi connectivity index (χ3v) is 4.78. The average Bonchev–Trinajstić information content (AvgIpc) is 2.24. The third kappa shape index (κ3) is 3.62. The highest BCUT2D eigenvalue weighted by molar-refractivity contribution is 7.86. The van der Waals surface area contributed by atoms with Gasteiger partial charge in [-0.15, -0.1) is 0 Å². The third-order valence-electron chi connectivity index (χ3n) is 2.74. The molecule has 102 valence electrons. The molecule has 1 rings (SSSR count). The first-order valence-electron chi connectivity index (χ1n) is 5.93. The Morgan fingerprint density at radius 1 is 1.35 bits per heavy atom. The van der Waals surface area contributed by atoms with Gasteiger partial charge < -0.3 is 9.84 Å². The molecule has 17 heavy (non-hydrogen) atoms. The average molecular weight is 266 g/mol. The molecule has 0 radical (unpaired) electrons. The van der Waals surface area contributed by atoms with E-state index < -0.39 is 10.2 Å². The number of ether oxygens (including phenoxy) is 1. The standard InChI is InChI=1S/C10H22N2O4S/c1-4-11(5-6-13)17(14,15)12-7-9(2)16-10(3)8-12/h9-10,13H,4-8H2,1-3H3. The number of aliphatic hydroxyl groups excluding tert-OH is 1. The highest BCUT2D eigenvalue weighted by Gasteiger charge is 2.34. The van der Waals surface area contributed by atoms with Crippen molar-refractivity contribution in [2.75, 3.05) is 32.8 Å². The van der Waals surface area contributed by atoms with Gasteiger partial charge in [-0.1, -0.05) is 6.92 Å². The molecule has 0 aromatic rings. The second-order valence-electron chi connectivity index (χ2n) is 4.30. The fourth-order valence-corrected chi connectivity index (χ4v) is 3.79. The van der Waals surface area contributed by atoms with Crippen LogP contribution in [0.3, 0.4) is 0 Å². The van der Waals surface area contributed by atoms with Crippen molar-refractivity contribution in [3.8, 4) is 0 Å². The van der Waals surface area contributed by atoms with Gasteiger partial charge in [0.15, 0.2) is 0 Å². The summed E-state index contributed by atoms with van der Waals surface area (Å²) in [6.45, 7) is 6.56. The first kappa shape index (κ1) is 14.8. The summed E-state index contributed by atoms with van der Waals surface area (Å²) in [7, 11) is -3.48. The van der Waals surface area contributed by atoms with Gasteiger partial charge in [0.2, 0.25) is 0 Å². The summed E-state index contributed by atoms with van der Waals surface area (Å²) < 4.78 is 32.8. The van der Waals surface area contributed by atoms with E-state index >= 15 is 0 Å². The maximum Gasteiger partial charge on any atom is 0.282 e. The lowest BCUT2D eigenvalue weighted by molar-refractivity contribution is -0.0455. The largest absolute Gasteiger partial charge is 0.395 e. The highest BCUT2D eigenvalue weighted by Crippen LogP contribution is 2.17. The van der Waals surface area contributed by atoms with Crippen molar-refractivity contribution in [1.82, 2.24) is 8.61 Å². The number of aliphatic hydroxyl groups is 1. The summed E-state index contributed by atoms with van der Waals surface area (Å²) in [6, 6.07) is 0. The van der Waals surface area contributed by atoms with Gasteiger partial charge in [-0.2, -0.15) is 17.0 Å². The Labute approximate surface area is 103 Å². The SMILES string of the molecule is CCN(CCO)S(=O)(=O)N1CC(C)OC(C)C1. The van der Waals surface area contributed by atoms with Gasteiger partial charge >= 0.3 is 0 Å². The van der Waals surface area contributed by atoms with Crippen LogP contribution < -0.4 is 0 Å². The van der Waals surface area contributed by atoms with Crippen LogP contribution in [0.5, 0.6) is 0 Å². The van der Waals surface area contributed by atoms with Crippen LogP contribution in [-0.4, -0.2) is 67.1 Å². The van der Waals surface area contributed by atoms with Crippen molar-refractivity contribution in [3.63, 3.8) is 0 Å². The molecule has 0 aromatic carbocycles.